The molecule has 0 amide bonds. The zero-order valence-corrected chi connectivity index (χ0v) is 11.3. The minimum absolute atomic E-state index is 0.0162. The summed E-state index contributed by atoms with van der Waals surface area (Å²) in [6, 6.07) is 0. The first-order valence-corrected chi connectivity index (χ1v) is 5.79. The average molecular weight is 259 g/mol. The third-order valence-corrected chi connectivity index (χ3v) is 2.52. The first kappa shape index (κ1) is 16.6. The quantitative estimate of drug-likeness (QED) is 0.526. The number of carbonyl (C=O) groups is 3. The van der Waals surface area contributed by atoms with Gasteiger partial charge in [0.1, 0.15) is 5.78 Å². The van der Waals surface area contributed by atoms with E-state index in [4.69, 9.17) is 5.11 Å². The van der Waals surface area contributed by atoms with E-state index in [1.54, 1.807) is 0 Å². The van der Waals surface area contributed by atoms with Crippen molar-refractivity contribution in [2.45, 2.75) is 20.3 Å². The number of hydrogen-bond acceptors (Lipinski definition) is 5. The SMILES string of the molecule is CC(=O)C(CC(C)COC(=O)C(=O)O)CN(C)C. The molecular formula is C12H21NO5. The lowest BCUT2D eigenvalue weighted by atomic mass is 9.93. The second-order valence-electron chi connectivity index (χ2n) is 4.81. The Morgan fingerprint density at radius 2 is 1.83 bits per heavy atom. The molecule has 0 aliphatic heterocycles. The fraction of sp³-hybridized carbons (Fsp3) is 0.750. The Morgan fingerprint density at radius 1 is 1.28 bits per heavy atom. The van der Waals surface area contributed by atoms with Gasteiger partial charge in [-0.15, -0.1) is 0 Å². The number of ketones is 1. The molecule has 0 spiro atoms. The molecule has 0 saturated carbocycles. The number of ether oxygens (including phenoxy) is 1. The molecule has 0 rings (SSSR count). The van der Waals surface area contributed by atoms with Crippen molar-refractivity contribution >= 4 is 17.7 Å². The van der Waals surface area contributed by atoms with Gasteiger partial charge in [0.2, 0.25) is 0 Å². The molecule has 0 aliphatic rings. The Hall–Kier alpha value is -1.43. The number of carbonyl (C=O) groups excluding carboxylic acids is 2. The molecule has 0 aromatic rings. The highest BCUT2D eigenvalue weighted by molar-refractivity contribution is 6.28. The lowest BCUT2D eigenvalue weighted by molar-refractivity contribution is -0.164. The van der Waals surface area contributed by atoms with Gasteiger partial charge in [0.25, 0.3) is 0 Å². The van der Waals surface area contributed by atoms with E-state index < -0.39 is 11.9 Å². The summed E-state index contributed by atoms with van der Waals surface area (Å²) in [5, 5.41) is 8.35. The van der Waals surface area contributed by atoms with Crippen LogP contribution in [0.2, 0.25) is 0 Å². The first-order valence-electron chi connectivity index (χ1n) is 5.79. The van der Waals surface area contributed by atoms with Crippen LogP contribution < -0.4 is 0 Å². The predicted molar refractivity (Wildman–Crippen MR) is 65.1 cm³/mol. The smallest absolute Gasteiger partial charge is 0.417 e. The molecule has 104 valence electrons. The van der Waals surface area contributed by atoms with Gasteiger partial charge in [0.05, 0.1) is 6.61 Å². The Balaban J connectivity index is 4.17. The van der Waals surface area contributed by atoms with Gasteiger partial charge >= 0.3 is 11.9 Å². The van der Waals surface area contributed by atoms with Crippen LogP contribution in [-0.4, -0.2) is 55.0 Å². The topological polar surface area (TPSA) is 83.9 Å². The summed E-state index contributed by atoms with van der Waals surface area (Å²) >= 11 is 0. The summed E-state index contributed by atoms with van der Waals surface area (Å²) in [5.41, 5.74) is 0. The van der Waals surface area contributed by atoms with Crippen molar-refractivity contribution < 1.29 is 24.2 Å². The Bertz CT molecular complexity index is 314. The molecule has 6 nitrogen and oxygen atoms in total. The van der Waals surface area contributed by atoms with Gasteiger partial charge in [-0.1, -0.05) is 6.92 Å². The standard InChI is InChI=1S/C12H21NO5/c1-8(7-18-12(17)11(15)16)5-10(9(2)14)6-13(3)4/h8,10H,5-7H2,1-4H3,(H,15,16). The number of Topliss-reactive ketones (excluding diaryl/α,β-unsaturated/α-hetero) is 1. The van der Waals surface area contributed by atoms with Crippen molar-refractivity contribution in [3.8, 4) is 0 Å². The van der Waals surface area contributed by atoms with Crippen LogP contribution in [0.5, 0.6) is 0 Å². The summed E-state index contributed by atoms with van der Waals surface area (Å²) in [5.74, 6) is -2.95. The van der Waals surface area contributed by atoms with Gasteiger partial charge < -0.3 is 14.7 Å². The molecule has 0 bridgehead atoms. The van der Waals surface area contributed by atoms with E-state index in [0.717, 1.165) is 0 Å². The molecule has 0 radical (unpaired) electrons. The highest BCUT2D eigenvalue weighted by Crippen LogP contribution is 2.14. The van der Waals surface area contributed by atoms with Crippen molar-refractivity contribution in [1.29, 1.82) is 0 Å². The zero-order chi connectivity index (χ0) is 14.3. The molecule has 2 unspecified atom stereocenters. The minimum atomic E-state index is -1.60. The lowest BCUT2D eigenvalue weighted by Gasteiger charge is -2.21. The van der Waals surface area contributed by atoms with Gasteiger partial charge in [-0.25, -0.2) is 9.59 Å². The van der Waals surface area contributed by atoms with Gasteiger partial charge in [-0.05, 0) is 33.4 Å². The molecule has 0 heterocycles. The van der Waals surface area contributed by atoms with E-state index in [0.29, 0.717) is 13.0 Å². The van der Waals surface area contributed by atoms with Crippen LogP contribution in [0.4, 0.5) is 0 Å². The molecule has 0 fully saturated rings. The van der Waals surface area contributed by atoms with Crippen molar-refractivity contribution in [2.24, 2.45) is 11.8 Å². The van der Waals surface area contributed by atoms with Crippen molar-refractivity contribution in [1.82, 2.24) is 4.90 Å². The second-order valence-corrected chi connectivity index (χ2v) is 4.81. The first-order chi connectivity index (χ1) is 8.23. The minimum Gasteiger partial charge on any atom is -0.473 e. The normalized spacial score (nSPS) is 14.1. The number of carboxylic acids is 1. The van der Waals surface area contributed by atoms with Gasteiger partial charge in [-0.2, -0.15) is 0 Å². The van der Waals surface area contributed by atoms with E-state index in [1.807, 2.05) is 25.9 Å². The zero-order valence-electron chi connectivity index (χ0n) is 11.3. The molecule has 0 aromatic heterocycles. The second kappa shape index (κ2) is 7.81. The van der Waals surface area contributed by atoms with E-state index in [-0.39, 0.29) is 24.2 Å². The molecular weight excluding hydrogens is 238 g/mol. The third kappa shape index (κ3) is 7.01. The lowest BCUT2D eigenvalue weighted by Crippen LogP contribution is -2.29. The summed E-state index contributed by atoms with van der Waals surface area (Å²) < 4.78 is 4.59. The number of hydrogen-bond donors (Lipinski definition) is 1. The molecule has 18 heavy (non-hydrogen) atoms. The van der Waals surface area contributed by atoms with Crippen LogP contribution in [-0.2, 0) is 19.1 Å². The summed E-state index contributed by atoms with van der Waals surface area (Å²) in [6.45, 7) is 4.00. The predicted octanol–water partition coefficient (Wildman–Crippen LogP) is 0.407. The van der Waals surface area contributed by atoms with Crippen LogP contribution in [0.15, 0.2) is 0 Å². The molecule has 0 aromatic carbocycles. The molecule has 0 saturated heterocycles. The van der Waals surface area contributed by atoms with Crippen LogP contribution in [0, 0.1) is 11.8 Å². The Kier molecular flexibility index (Phi) is 7.19. The van der Waals surface area contributed by atoms with Crippen molar-refractivity contribution in [3.63, 3.8) is 0 Å². The van der Waals surface area contributed by atoms with Crippen LogP contribution in [0.25, 0.3) is 0 Å². The number of rotatable bonds is 7. The van der Waals surface area contributed by atoms with E-state index in [1.165, 1.54) is 6.92 Å². The largest absolute Gasteiger partial charge is 0.473 e. The van der Waals surface area contributed by atoms with Gasteiger partial charge in [0, 0.05) is 12.5 Å². The van der Waals surface area contributed by atoms with Crippen molar-refractivity contribution in [2.75, 3.05) is 27.2 Å². The molecule has 1 N–H and O–H groups in total. The van der Waals surface area contributed by atoms with E-state index in [9.17, 15) is 14.4 Å². The number of carboxylic acid groups (broad SMARTS) is 1. The van der Waals surface area contributed by atoms with Gasteiger partial charge in [0.15, 0.2) is 0 Å². The summed E-state index contributed by atoms with van der Waals surface area (Å²) in [6.07, 6.45) is 0.570. The van der Waals surface area contributed by atoms with Crippen molar-refractivity contribution in [3.05, 3.63) is 0 Å². The number of aliphatic carboxylic acids is 1. The average Bonchev–Trinajstić information content (AvgIpc) is 2.23. The number of nitrogens with zero attached hydrogens (tertiary/aromatic N) is 1. The maximum atomic E-state index is 11.4. The number of esters is 1. The fourth-order valence-electron chi connectivity index (χ4n) is 1.64. The highest BCUT2D eigenvalue weighted by Gasteiger charge is 2.20. The van der Waals surface area contributed by atoms with E-state index in [2.05, 4.69) is 4.74 Å². The fourth-order valence-corrected chi connectivity index (χ4v) is 1.64. The Morgan fingerprint density at radius 3 is 2.22 bits per heavy atom. The van der Waals surface area contributed by atoms with Crippen LogP contribution in [0.3, 0.4) is 0 Å². The van der Waals surface area contributed by atoms with Crippen LogP contribution >= 0.6 is 0 Å². The van der Waals surface area contributed by atoms with Crippen LogP contribution in [0.1, 0.15) is 20.3 Å². The Labute approximate surface area is 107 Å². The van der Waals surface area contributed by atoms with Gasteiger partial charge in [-0.3, -0.25) is 4.79 Å². The molecule has 0 aliphatic carbocycles. The summed E-state index contributed by atoms with van der Waals surface area (Å²) in [4.78, 5) is 34.4. The monoisotopic (exact) mass is 259 g/mol. The third-order valence-electron chi connectivity index (χ3n) is 2.52. The maximum absolute atomic E-state index is 11.4. The van der Waals surface area contributed by atoms with E-state index >= 15 is 0 Å². The maximum Gasteiger partial charge on any atom is 0.417 e. The highest BCUT2D eigenvalue weighted by atomic mass is 16.6. The molecule has 6 heteroatoms. The summed E-state index contributed by atoms with van der Waals surface area (Å²) in [7, 11) is 3.76. The molecule has 2 atom stereocenters.